The maximum Gasteiger partial charge on any atom is 0.256 e. The van der Waals surface area contributed by atoms with Crippen LogP contribution >= 0.6 is 0 Å². The molecule has 0 saturated carbocycles. The van der Waals surface area contributed by atoms with Crippen LogP contribution in [0.5, 0.6) is 0 Å². The van der Waals surface area contributed by atoms with Crippen LogP contribution in [0.4, 0.5) is 11.5 Å². The van der Waals surface area contributed by atoms with Crippen LogP contribution in [-0.2, 0) is 12.8 Å². The number of hydrogen-bond acceptors (Lipinski definition) is 5. The van der Waals surface area contributed by atoms with Crippen molar-refractivity contribution in [3.63, 3.8) is 0 Å². The van der Waals surface area contributed by atoms with Gasteiger partial charge in [-0.3, -0.25) is 4.79 Å². The van der Waals surface area contributed by atoms with E-state index >= 15 is 0 Å². The monoisotopic (exact) mass is 326 g/mol. The van der Waals surface area contributed by atoms with E-state index < -0.39 is 6.10 Å². The normalized spacial score (nSPS) is 22.4. The Kier molecular flexibility index (Phi) is 3.57. The lowest BCUT2D eigenvalue weighted by Gasteiger charge is -2.27. The molecule has 0 amide bonds. The number of carbonyl (C=O) groups excluding carboxylic acids is 1. The SMILES string of the molecule is Cc1cccc2c1NCC[C@H]2C(=O)n1nc2c(c1N)CC[C@H](O)C2. The molecule has 24 heavy (non-hydrogen) atoms. The number of nitrogen functional groups attached to an aromatic ring is 1. The number of nitrogens with two attached hydrogens (primary N) is 1. The van der Waals surface area contributed by atoms with E-state index in [1.807, 2.05) is 25.1 Å². The zero-order chi connectivity index (χ0) is 16.8. The molecular weight excluding hydrogens is 304 g/mol. The van der Waals surface area contributed by atoms with E-state index in [4.69, 9.17) is 5.73 Å². The molecule has 2 heterocycles. The first kappa shape index (κ1) is 15.2. The second-order valence-electron chi connectivity index (χ2n) is 6.76. The zero-order valence-corrected chi connectivity index (χ0v) is 13.7. The number of anilines is 2. The summed E-state index contributed by atoms with van der Waals surface area (Å²) in [4.78, 5) is 13.1. The molecule has 4 N–H and O–H groups in total. The maximum atomic E-state index is 13.1. The Morgan fingerprint density at radius 2 is 2.25 bits per heavy atom. The number of aryl methyl sites for hydroxylation is 1. The van der Waals surface area contributed by atoms with Crippen molar-refractivity contribution in [3.8, 4) is 0 Å². The summed E-state index contributed by atoms with van der Waals surface area (Å²) in [6, 6.07) is 6.02. The van der Waals surface area contributed by atoms with Crippen LogP contribution in [0.15, 0.2) is 18.2 Å². The number of carbonyl (C=O) groups is 1. The molecule has 2 aromatic rings. The first-order valence-corrected chi connectivity index (χ1v) is 8.48. The predicted molar refractivity (Wildman–Crippen MR) is 92.3 cm³/mol. The van der Waals surface area contributed by atoms with E-state index in [-0.39, 0.29) is 11.8 Å². The van der Waals surface area contributed by atoms with Gasteiger partial charge in [-0.2, -0.15) is 9.78 Å². The molecule has 0 radical (unpaired) electrons. The molecule has 126 valence electrons. The quantitative estimate of drug-likeness (QED) is 0.744. The van der Waals surface area contributed by atoms with E-state index in [2.05, 4.69) is 10.4 Å². The Balaban J connectivity index is 1.73. The first-order valence-electron chi connectivity index (χ1n) is 8.48. The van der Waals surface area contributed by atoms with Gasteiger partial charge < -0.3 is 16.2 Å². The summed E-state index contributed by atoms with van der Waals surface area (Å²) >= 11 is 0. The van der Waals surface area contributed by atoms with E-state index in [0.717, 1.165) is 41.0 Å². The van der Waals surface area contributed by atoms with Crippen LogP contribution in [0, 0.1) is 6.92 Å². The van der Waals surface area contributed by atoms with Crippen molar-refractivity contribution in [1.29, 1.82) is 0 Å². The third-order valence-corrected chi connectivity index (χ3v) is 5.19. The number of nitrogens with zero attached hydrogens (tertiary/aromatic N) is 2. The largest absolute Gasteiger partial charge is 0.393 e. The number of hydrogen-bond donors (Lipinski definition) is 3. The average molecular weight is 326 g/mol. The molecule has 0 fully saturated rings. The molecule has 1 aromatic heterocycles. The van der Waals surface area contributed by atoms with E-state index in [1.54, 1.807) is 0 Å². The highest BCUT2D eigenvalue weighted by molar-refractivity contribution is 5.90. The highest BCUT2D eigenvalue weighted by Gasteiger charge is 2.32. The highest BCUT2D eigenvalue weighted by atomic mass is 16.3. The zero-order valence-electron chi connectivity index (χ0n) is 13.7. The minimum absolute atomic E-state index is 0.0789. The second-order valence-corrected chi connectivity index (χ2v) is 6.76. The van der Waals surface area contributed by atoms with Gasteiger partial charge in [-0.25, -0.2) is 0 Å². The van der Waals surface area contributed by atoms with Gasteiger partial charge in [0.05, 0.1) is 17.7 Å². The standard InChI is InChI=1S/C18H22N4O2/c1-10-3-2-4-12-13(7-8-20-16(10)12)18(24)22-17(19)14-6-5-11(23)9-15(14)21-22/h2-4,11,13,20,23H,5-9,19H2,1H3/t11-,13+/m0/s1. The summed E-state index contributed by atoms with van der Waals surface area (Å²) in [5.74, 6) is 0.120. The maximum absolute atomic E-state index is 13.1. The predicted octanol–water partition coefficient (Wildman–Crippen LogP) is 1.86. The molecule has 0 bridgehead atoms. The lowest BCUT2D eigenvalue weighted by atomic mass is 9.88. The Morgan fingerprint density at radius 3 is 3.08 bits per heavy atom. The Hall–Kier alpha value is -2.34. The smallest absolute Gasteiger partial charge is 0.256 e. The summed E-state index contributed by atoms with van der Waals surface area (Å²) in [6.45, 7) is 2.80. The van der Waals surface area contributed by atoms with Gasteiger partial charge in [-0.05, 0) is 37.3 Å². The lowest BCUT2D eigenvalue weighted by molar-refractivity contribution is 0.0858. The van der Waals surface area contributed by atoms with Crippen LogP contribution in [0.2, 0.25) is 0 Å². The van der Waals surface area contributed by atoms with Crippen molar-refractivity contribution in [1.82, 2.24) is 9.78 Å². The van der Waals surface area contributed by atoms with Crippen molar-refractivity contribution in [2.45, 2.75) is 44.6 Å². The number of nitrogens with one attached hydrogen (secondary N) is 1. The average Bonchev–Trinajstić information content (AvgIpc) is 2.90. The molecule has 1 aliphatic carbocycles. The van der Waals surface area contributed by atoms with Gasteiger partial charge in [0.15, 0.2) is 0 Å². The van der Waals surface area contributed by atoms with Crippen LogP contribution in [0.1, 0.15) is 45.9 Å². The molecule has 0 saturated heterocycles. The van der Waals surface area contributed by atoms with E-state index in [9.17, 15) is 9.90 Å². The topological polar surface area (TPSA) is 93.2 Å². The highest BCUT2D eigenvalue weighted by Crippen LogP contribution is 2.36. The van der Waals surface area contributed by atoms with Crippen molar-refractivity contribution < 1.29 is 9.90 Å². The number of rotatable bonds is 1. The van der Waals surface area contributed by atoms with Crippen molar-refractivity contribution >= 4 is 17.4 Å². The molecule has 6 nitrogen and oxygen atoms in total. The fourth-order valence-corrected chi connectivity index (χ4v) is 3.87. The van der Waals surface area contributed by atoms with Crippen LogP contribution in [-0.4, -0.2) is 33.4 Å². The van der Waals surface area contributed by atoms with Crippen LogP contribution in [0.25, 0.3) is 0 Å². The minimum Gasteiger partial charge on any atom is -0.393 e. The van der Waals surface area contributed by atoms with Crippen molar-refractivity contribution in [2.75, 3.05) is 17.6 Å². The van der Waals surface area contributed by atoms with Gasteiger partial charge in [0.1, 0.15) is 5.82 Å². The number of aromatic nitrogens is 2. The molecule has 1 aliphatic heterocycles. The molecule has 2 aliphatic rings. The molecule has 6 heteroatoms. The molecular formula is C18H22N4O2. The van der Waals surface area contributed by atoms with E-state index in [1.165, 1.54) is 4.68 Å². The fraction of sp³-hybridized carbons (Fsp3) is 0.444. The van der Waals surface area contributed by atoms with Crippen molar-refractivity contribution in [3.05, 3.63) is 40.6 Å². The van der Waals surface area contributed by atoms with Crippen LogP contribution < -0.4 is 11.1 Å². The lowest BCUT2D eigenvalue weighted by Crippen LogP contribution is -2.28. The molecule has 0 spiro atoms. The molecule has 0 unspecified atom stereocenters. The van der Waals surface area contributed by atoms with Gasteiger partial charge in [-0.1, -0.05) is 18.2 Å². The van der Waals surface area contributed by atoms with Crippen LogP contribution in [0.3, 0.4) is 0 Å². The Labute approximate surface area is 140 Å². The van der Waals surface area contributed by atoms with Gasteiger partial charge in [0.2, 0.25) is 0 Å². The third kappa shape index (κ3) is 2.29. The number of aliphatic hydroxyl groups excluding tert-OH is 1. The van der Waals surface area contributed by atoms with Crippen molar-refractivity contribution in [2.24, 2.45) is 0 Å². The van der Waals surface area contributed by atoms with Gasteiger partial charge in [0.25, 0.3) is 5.91 Å². The van der Waals surface area contributed by atoms with E-state index in [0.29, 0.717) is 25.1 Å². The number of benzene rings is 1. The molecule has 2 atom stereocenters. The summed E-state index contributed by atoms with van der Waals surface area (Å²) < 4.78 is 1.37. The summed E-state index contributed by atoms with van der Waals surface area (Å²) in [6.07, 6.45) is 2.16. The number of aliphatic hydroxyl groups is 1. The molecule has 1 aromatic carbocycles. The summed E-state index contributed by atoms with van der Waals surface area (Å²) in [7, 11) is 0. The second kappa shape index (κ2) is 5.63. The Bertz CT molecular complexity index is 812. The van der Waals surface area contributed by atoms with Gasteiger partial charge in [0, 0.05) is 24.2 Å². The van der Waals surface area contributed by atoms with Gasteiger partial charge in [-0.15, -0.1) is 0 Å². The third-order valence-electron chi connectivity index (χ3n) is 5.19. The number of para-hydroxylation sites is 1. The Morgan fingerprint density at radius 1 is 1.42 bits per heavy atom. The van der Waals surface area contributed by atoms with Gasteiger partial charge >= 0.3 is 0 Å². The minimum atomic E-state index is -0.391. The number of fused-ring (bicyclic) bond motifs is 2. The first-order chi connectivity index (χ1) is 11.6. The fourth-order valence-electron chi connectivity index (χ4n) is 3.87. The summed E-state index contributed by atoms with van der Waals surface area (Å²) in [5, 5.41) is 17.6. The molecule has 4 rings (SSSR count). The summed E-state index contributed by atoms with van der Waals surface area (Å²) in [5.41, 5.74) is 11.1.